The molecule has 0 spiro atoms. The average molecular weight is 629 g/mol. The van der Waals surface area contributed by atoms with Crippen molar-refractivity contribution in [3.63, 3.8) is 0 Å². The molecule has 0 aromatic heterocycles. The van der Waals surface area contributed by atoms with Gasteiger partial charge in [0, 0.05) is 34.3 Å². The van der Waals surface area contributed by atoms with Gasteiger partial charge in [0.2, 0.25) is 11.8 Å². The number of Topliss-reactive ketones (excluding diaryl/α,β-unsaturated/α-hetero) is 4. The van der Waals surface area contributed by atoms with E-state index in [-0.39, 0.29) is 69.6 Å². The largest absolute Gasteiger partial charge is 0.457 e. The van der Waals surface area contributed by atoms with Crippen LogP contribution in [0.4, 0.5) is 0 Å². The van der Waals surface area contributed by atoms with Crippen LogP contribution in [-0.4, -0.2) is 86.9 Å². The van der Waals surface area contributed by atoms with Gasteiger partial charge in [0.25, 0.3) is 0 Å². The molecular formula is C28H24N2O11S2. The molecule has 2 saturated heterocycles. The summed E-state index contributed by atoms with van der Waals surface area (Å²) < 4.78 is 52.6. The van der Waals surface area contributed by atoms with E-state index in [0.29, 0.717) is 0 Å². The molecule has 4 unspecified atom stereocenters. The van der Waals surface area contributed by atoms with Crippen molar-refractivity contribution in [2.24, 2.45) is 11.8 Å². The predicted molar refractivity (Wildman–Crippen MR) is 148 cm³/mol. The molecule has 2 aliphatic heterocycles. The quantitative estimate of drug-likeness (QED) is 0.410. The maximum Gasteiger partial charge on any atom is 0.239 e. The molecule has 4 atom stereocenters. The summed E-state index contributed by atoms with van der Waals surface area (Å²) in [4.78, 5) is 77.3. The lowest BCUT2D eigenvalue weighted by molar-refractivity contribution is -0.123. The zero-order chi connectivity index (χ0) is 30.8. The Balaban J connectivity index is 1.15. The van der Waals surface area contributed by atoms with E-state index >= 15 is 0 Å². The van der Waals surface area contributed by atoms with Crippen LogP contribution in [0.5, 0.6) is 11.5 Å². The Labute approximate surface area is 245 Å². The zero-order valence-electron chi connectivity index (χ0n) is 22.3. The van der Waals surface area contributed by atoms with E-state index in [2.05, 4.69) is 10.6 Å². The fourth-order valence-corrected chi connectivity index (χ4v) is 9.22. The van der Waals surface area contributed by atoms with E-state index in [1.54, 1.807) is 0 Å². The van der Waals surface area contributed by atoms with Crippen molar-refractivity contribution in [3.05, 3.63) is 58.7 Å². The highest BCUT2D eigenvalue weighted by Gasteiger charge is 2.46. The van der Waals surface area contributed by atoms with Crippen LogP contribution in [0.3, 0.4) is 0 Å². The summed E-state index contributed by atoms with van der Waals surface area (Å²) in [7, 11) is -6.58. The maximum absolute atomic E-state index is 13.0. The highest BCUT2D eigenvalue weighted by Crippen LogP contribution is 2.35. The molecule has 0 bridgehead atoms. The van der Waals surface area contributed by atoms with Crippen molar-refractivity contribution in [3.8, 4) is 11.5 Å². The average Bonchev–Trinajstić information content (AvgIpc) is 3.60. The molecule has 2 amide bonds. The number of rotatable bonds is 6. The molecule has 2 N–H and O–H groups in total. The van der Waals surface area contributed by atoms with Gasteiger partial charge in [-0.15, -0.1) is 0 Å². The third-order valence-electron chi connectivity index (χ3n) is 8.01. The minimum absolute atomic E-state index is 0.00943. The third kappa shape index (κ3) is 5.27. The van der Waals surface area contributed by atoms with E-state index in [1.165, 1.54) is 36.4 Å². The molecule has 2 fully saturated rings. The number of hydrogen-bond donors (Lipinski definition) is 2. The van der Waals surface area contributed by atoms with E-state index in [1.807, 2.05) is 0 Å². The Kier molecular flexibility index (Phi) is 6.84. The molecule has 224 valence electrons. The van der Waals surface area contributed by atoms with Gasteiger partial charge in [-0.05, 0) is 49.2 Å². The van der Waals surface area contributed by atoms with Gasteiger partial charge in [0.1, 0.15) is 11.5 Å². The number of amides is 2. The summed E-state index contributed by atoms with van der Waals surface area (Å²) in [6.07, 6.45) is 0.387. The molecule has 4 aliphatic rings. The number of carbonyl (C=O) groups is 6. The van der Waals surface area contributed by atoms with Crippen molar-refractivity contribution in [2.45, 2.75) is 24.9 Å². The molecule has 2 aromatic carbocycles. The van der Waals surface area contributed by atoms with Gasteiger partial charge in [-0.1, -0.05) is 0 Å². The van der Waals surface area contributed by atoms with Crippen LogP contribution in [0, 0.1) is 11.8 Å². The summed E-state index contributed by atoms with van der Waals surface area (Å²) in [5, 5.41) is 4.97. The van der Waals surface area contributed by atoms with Gasteiger partial charge in [-0.3, -0.25) is 28.8 Å². The summed E-state index contributed by atoms with van der Waals surface area (Å²) in [5.74, 6) is -8.50. The van der Waals surface area contributed by atoms with E-state index < -0.39 is 78.5 Å². The van der Waals surface area contributed by atoms with E-state index in [9.17, 15) is 45.6 Å². The second kappa shape index (κ2) is 10.2. The second-order valence-corrected chi connectivity index (χ2v) is 15.5. The SMILES string of the molecule is O=C(NC1CCS(=O)(=O)C1)C1C(=O)c2ccc(Oc3ccc4c(c3)C(=O)C(C(=O)NC3CCS(=O)(=O)C3)C4=O)cc2C1=O. The molecule has 43 heavy (non-hydrogen) atoms. The molecule has 6 rings (SSSR count). The first-order chi connectivity index (χ1) is 20.2. The summed E-state index contributed by atoms with van der Waals surface area (Å²) >= 11 is 0. The number of carbonyl (C=O) groups excluding carboxylic acids is 6. The fourth-order valence-electron chi connectivity index (χ4n) is 5.87. The van der Waals surface area contributed by atoms with Crippen LogP contribution in [0.25, 0.3) is 0 Å². The minimum Gasteiger partial charge on any atom is -0.457 e. The lowest BCUT2D eigenvalue weighted by Crippen LogP contribution is -2.43. The number of fused-ring (bicyclic) bond motifs is 2. The minimum atomic E-state index is -3.29. The normalized spacial score (nSPS) is 26.7. The predicted octanol–water partition coefficient (Wildman–Crippen LogP) is 0.0759. The molecule has 0 saturated carbocycles. The molecule has 2 aromatic rings. The monoisotopic (exact) mass is 628 g/mol. The Bertz CT molecular complexity index is 1750. The van der Waals surface area contributed by atoms with Crippen LogP contribution in [0.2, 0.25) is 0 Å². The van der Waals surface area contributed by atoms with Crippen LogP contribution in [0.1, 0.15) is 54.3 Å². The third-order valence-corrected chi connectivity index (χ3v) is 11.5. The standard InChI is InChI=1S/C28H24N2O11S2/c31-23-17-3-1-15(9-19(17)25(33)21(23)27(35)29-13-5-7-42(37,38)11-13)41-16-2-4-18-20(10-16)26(34)22(24(18)32)28(36)30-14-6-8-43(39,40)12-14/h1-4,9-10,13-14,21-22H,5-8,11-12H2,(H,29,35)(H,30,36). The van der Waals surface area contributed by atoms with Crippen molar-refractivity contribution >= 4 is 54.6 Å². The van der Waals surface area contributed by atoms with Crippen LogP contribution in [-0.2, 0) is 29.3 Å². The first kappa shape index (κ1) is 28.9. The molecule has 2 aliphatic carbocycles. The van der Waals surface area contributed by atoms with Gasteiger partial charge < -0.3 is 15.4 Å². The van der Waals surface area contributed by atoms with E-state index in [0.717, 1.165) is 0 Å². The van der Waals surface area contributed by atoms with Crippen LogP contribution >= 0.6 is 0 Å². The second-order valence-electron chi connectivity index (χ2n) is 11.1. The summed E-state index contributed by atoms with van der Waals surface area (Å²) in [6, 6.07) is 6.61. The number of benzene rings is 2. The molecule has 0 radical (unpaired) electrons. The van der Waals surface area contributed by atoms with Gasteiger partial charge in [0.05, 0.1) is 23.0 Å². The number of ketones is 4. The lowest BCUT2D eigenvalue weighted by Gasteiger charge is -2.13. The smallest absolute Gasteiger partial charge is 0.239 e. The highest BCUT2D eigenvalue weighted by molar-refractivity contribution is 7.91. The van der Waals surface area contributed by atoms with Crippen molar-refractivity contribution in [2.75, 3.05) is 23.0 Å². The fraction of sp³-hybridized carbons (Fsp3) is 0.357. The summed E-state index contributed by atoms with van der Waals surface area (Å²) in [6.45, 7) is 0. The number of nitrogens with one attached hydrogen (secondary N) is 2. The first-order valence-electron chi connectivity index (χ1n) is 13.4. The van der Waals surface area contributed by atoms with Gasteiger partial charge >= 0.3 is 0 Å². The van der Waals surface area contributed by atoms with Crippen molar-refractivity contribution in [1.29, 1.82) is 0 Å². The van der Waals surface area contributed by atoms with Crippen molar-refractivity contribution < 1.29 is 50.3 Å². The molecule has 13 nitrogen and oxygen atoms in total. The molecular weight excluding hydrogens is 604 g/mol. The highest BCUT2D eigenvalue weighted by atomic mass is 32.2. The zero-order valence-corrected chi connectivity index (χ0v) is 24.0. The van der Waals surface area contributed by atoms with E-state index in [4.69, 9.17) is 4.74 Å². The van der Waals surface area contributed by atoms with Gasteiger partial charge in [-0.25, -0.2) is 16.8 Å². The number of ether oxygens (including phenoxy) is 1. The first-order valence-corrected chi connectivity index (χ1v) is 17.0. The number of sulfone groups is 2. The van der Waals surface area contributed by atoms with Crippen LogP contribution in [0.15, 0.2) is 36.4 Å². The number of hydrogen-bond acceptors (Lipinski definition) is 11. The topological polar surface area (TPSA) is 204 Å². The maximum atomic E-state index is 13.0. The summed E-state index contributed by atoms with van der Waals surface area (Å²) in [5.41, 5.74) is -0.0927. The molecule has 15 heteroatoms. The Morgan fingerprint density at radius 1 is 0.605 bits per heavy atom. The van der Waals surface area contributed by atoms with Gasteiger partial charge in [0.15, 0.2) is 54.6 Å². The molecule has 2 heterocycles. The lowest BCUT2D eigenvalue weighted by atomic mass is 10.0. The van der Waals surface area contributed by atoms with Gasteiger partial charge in [-0.2, -0.15) is 0 Å². The Hall–Kier alpha value is -4.24. The van der Waals surface area contributed by atoms with Crippen LogP contribution < -0.4 is 15.4 Å². The Morgan fingerprint density at radius 3 is 1.33 bits per heavy atom. The Morgan fingerprint density at radius 2 is 0.977 bits per heavy atom. The van der Waals surface area contributed by atoms with Crippen molar-refractivity contribution in [1.82, 2.24) is 10.6 Å².